The van der Waals surface area contributed by atoms with Gasteiger partial charge >= 0.3 is 6.18 Å². The van der Waals surface area contributed by atoms with Gasteiger partial charge in [-0.1, -0.05) is 6.07 Å². The van der Waals surface area contributed by atoms with Crippen molar-refractivity contribution in [2.24, 2.45) is 5.92 Å². The first-order chi connectivity index (χ1) is 14.3. The van der Waals surface area contributed by atoms with Gasteiger partial charge in [-0.25, -0.2) is 9.97 Å². The van der Waals surface area contributed by atoms with Crippen LogP contribution in [-0.4, -0.2) is 46.0 Å². The fourth-order valence-electron chi connectivity index (χ4n) is 3.22. The molecule has 1 aliphatic carbocycles. The Morgan fingerprint density at radius 2 is 2.07 bits per heavy atom. The second-order valence-electron chi connectivity index (χ2n) is 7.30. The number of carbonyl (C=O) groups is 2. The molecule has 1 aliphatic heterocycles. The number of nitrogens with one attached hydrogen (secondary N) is 1. The third-order valence-corrected chi connectivity index (χ3v) is 4.91. The number of hydrogen-bond acceptors (Lipinski definition) is 5. The van der Waals surface area contributed by atoms with Crippen LogP contribution >= 0.6 is 0 Å². The molecule has 0 spiro atoms. The van der Waals surface area contributed by atoms with Crippen molar-refractivity contribution in [3.63, 3.8) is 0 Å². The zero-order valence-corrected chi connectivity index (χ0v) is 15.9. The number of amides is 2. The summed E-state index contributed by atoms with van der Waals surface area (Å²) in [6, 6.07) is 6.20. The molecule has 1 fully saturated rings. The van der Waals surface area contributed by atoms with Crippen molar-refractivity contribution in [3.05, 3.63) is 47.3 Å². The monoisotopic (exact) mass is 420 g/mol. The van der Waals surface area contributed by atoms with Crippen molar-refractivity contribution in [2.45, 2.75) is 32.0 Å². The topological polar surface area (TPSA) is 84.4 Å². The highest BCUT2D eigenvalue weighted by Gasteiger charge is 2.33. The van der Waals surface area contributed by atoms with E-state index in [2.05, 4.69) is 20.0 Å². The first kappa shape index (κ1) is 20.1. The Kier molecular flexibility index (Phi) is 5.31. The van der Waals surface area contributed by atoms with Gasteiger partial charge in [0.1, 0.15) is 5.82 Å². The summed E-state index contributed by atoms with van der Waals surface area (Å²) in [5.74, 6) is 0.0466. The molecular formula is C20H19F3N4O3. The number of hydrogen-bond donors (Lipinski definition) is 1. The minimum absolute atomic E-state index is 0.0220. The number of ether oxygens (including phenoxy) is 1. The van der Waals surface area contributed by atoms with Crippen molar-refractivity contribution in [3.8, 4) is 5.88 Å². The zero-order valence-electron chi connectivity index (χ0n) is 15.9. The molecule has 1 N–H and O–H groups in total. The molecule has 2 amide bonds. The molecule has 0 radical (unpaired) electrons. The SMILES string of the molecule is O=C(Nc1nccc2c1CN(CCc1cccc(OCC(F)(F)F)n1)C2=O)C1CC1. The second kappa shape index (κ2) is 7.92. The lowest BCUT2D eigenvalue weighted by Gasteiger charge is -2.16. The number of pyridine rings is 2. The molecule has 4 rings (SSSR count). The number of alkyl halides is 3. The van der Waals surface area contributed by atoms with E-state index >= 15 is 0 Å². The van der Waals surface area contributed by atoms with E-state index in [9.17, 15) is 22.8 Å². The Morgan fingerprint density at radius 3 is 2.80 bits per heavy atom. The zero-order chi connectivity index (χ0) is 21.3. The molecule has 2 aromatic heterocycles. The maximum atomic E-state index is 12.7. The maximum Gasteiger partial charge on any atom is 0.422 e. The van der Waals surface area contributed by atoms with Gasteiger partial charge in [0.2, 0.25) is 11.8 Å². The van der Waals surface area contributed by atoms with E-state index in [1.807, 2.05) is 0 Å². The van der Waals surface area contributed by atoms with Gasteiger partial charge < -0.3 is 15.0 Å². The van der Waals surface area contributed by atoms with Crippen molar-refractivity contribution in [2.75, 3.05) is 18.5 Å². The summed E-state index contributed by atoms with van der Waals surface area (Å²) in [5.41, 5.74) is 1.68. The van der Waals surface area contributed by atoms with Gasteiger partial charge in [-0.2, -0.15) is 13.2 Å². The summed E-state index contributed by atoms with van der Waals surface area (Å²) < 4.78 is 41.6. The largest absolute Gasteiger partial charge is 0.468 e. The van der Waals surface area contributed by atoms with Gasteiger partial charge in [0.05, 0.1) is 6.54 Å². The quantitative estimate of drug-likeness (QED) is 0.745. The van der Waals surface area contributed by atoms with Gasteiger partial charge in [-0.15, -0.1) is 0 Å². The minimum Gasteiger partial charge on any atom is -0.468 e. The first-order valence-electron chi connectivity index (χ1n) is 9.53. The highest BCUT2D eigenvalue weighted by atomic mass is 19.4. The van der Waals surface area contributed by atoms with E-state index in [0.717, 1.165) is 12.8 Å². The fraction of sp³-hybridized carbons (Fsp3) is 0.400. The average molecular weight is 420 g/mol. The van der Waals surface area contributed by atoms with E-state index in [1.165, 1.54) is 12.3 Å². The van der Waals surface area contributed by atoms with Crippen LogP contribution in [0.1, 0.15) is 34.5 Å². The third-order valence-electron chi connectivity index (χ3n) is 4.91. The molecule has 7 nitrogen and oxygen atoms in total. The van der Waals surface area contributed by atoms with Crippen LogP contribution in [0.15, 0.2) is 30.5 Å². The summed E-state index contributed by atoms with van der Waals surface area (Å²) in [6.07, 6.45) is -0.868. The number of aromatic nitrogens is 2. The van der Waals surface area contributed by atoms with E-state index in [1.54, 1.807) is 23.1 Å². The Morgan fingerprint density at radius 1 is 1.27 bits per heavy atom. The van der Waals surface area contributed by atoms with Gasteiger partial charge in [-0.3, -0.25) is 9.59 Å². The van der Waals surface area contributed by atoms with Gasteiger partial charge in [0.15, 0.2) is 6.61 Å². The number of fused-ring (bicyclic) bond motifs is 1. The van der Waals surface area contributed by atoms with Crippen LogP contribution in [0.5, 0.6) is 5.88 Å². The first-order valence-corrected chi connectivity index (χ1v) is 9.53. The highest BCUT2D eigenvalue weighted by Crippen LogP contribution is 2.32. The van der Waals surface area contributed by atoms with Crippen LogP contribution in [0.25, 0.3) is 0 Å². The lowest BCUT2D eigenvalue weighted by molar-refractivity contribution is -0.154. The van der Waals surface area contributed by atoms with Gasteiger partial charge in [-0.05, 0) is 25.0 Å². The van der Waals surface area contributed by atoms with E-state index in [-0.39, 0.29) is 23.6 Å². The number of rotatable bonds is 7. The molecule has 158 valence electrons. The Hall–Kier alpha value is -3.17. The van der Waals surface area contributed by atoms with Gasteiger partial charge in [0, 0.05) is 48.0 Å². The molecule has 0 unspecified atom stereocenters. The van der Waals surface area contributed by atoms with Crippen LogP contribution in [0.3, 0.4) is 0 Å². The minimum atomic E-state index is -4.44. The van der Waals surface area contributed by atoms with Crippen LogP contribution in [-0.2, 0) is 17.8 Å². The molecule has 3 heterocycles. The lowest BCUT2D eigenvalue weighted by Crippen LogP contribution is -2.26. The molecule has 0 saturated heterocycles. The van der Waals surface area contributed by atoms with Crippen LogP contribution in [0, 0.1) is 5.92 Å². The predicted molar refractivity (Wildman–Crippen MR) is 99.8 cm³/mol. The summed E-state index contributed by atoms with van der Waals surface area (Å²) in [7, 11) is 0. The third kappa shape index (κ3) is 4.69. The predicted octanol–water partition coefficient (Wildman–Crippen LogP) is 2.96. The summed E-state index contributed by atoms with van der Waals surface area (Å²) >= 11 is 0. The van der Waals surface area contributed by atoms with Crippen molar-refractivity contribution in [1.82, 2.24) is 14.9 Å². The molecule has 10 heteroatoms. The summed E-state index contributed by atoms with van der Waals surface area (Å²) in [4.78, 5) is 34.6. The van der Waals surface area contributed by atoms with Crippen LogP contribution in [0.4, 0.5) is 19.0 Å². The Balaban J connectivity index is 1.39. The van der Waals surface area contributed by atoms with Crippen molar-refractivity contribution < 1.29 is 27.5 Å². The Labute approximate surface area is 170 Å². The standard InChI is InChI=1S/C20H19F3N4O3/c21-20(22,23)11-30-16-3-1-2-13(25-16)7-9-27-10-15-14(19(27)29)6-8-24-17(15)26-18(28)12-4-5-12/h1-3,6,8,12H,4-5,7,9-11H2,(H,24,26,28). The molecule has 1 saturated carbocycles. The highest BCUT2D eigenvalue weighted by molar-refractivity contribution is 6.01. The van der Waals surface area contributed by atoms with Crippen molar-refractivity contribution >= 4 is 17.6 Å². The smallest absolute Gasteiger partial charge is 0.422 e. The lowest BCUT2D eigenvalue weighted by atomic mass is 10.1. The van der Waals surface area contributed by atoms with E-state index < -0.39 is 12.8 Å². The molecular weight excluding hydrogens is 401 g/mol. The normalized spacial score (nSPS) is 15.8. The molecule has 0 bridgehead atoms. The summed E-state index contributed by atoms with van der Waals surface area (Å²) in [6.45, 7) is -0.794. The van der Waals surface area contributed by atoms with Crippen molar-refractivity contribution in [1.29, 1.82) is 0 Å². The molecule has 2 aromatic rings. The molecule has 30 heavy (non-hydrogen) atoms. The number of nitrogens with zero attached hydrogens (tertiary/aromatic N) is 3. The van der Waals surface area contributed by atoms with E-state index in [0.29, 0.717) is 42.1 Å². The Bertz CT molecular complexity index is 976. The molecule has 0 aromatic carbocycles. The maximum absolute atomic E-state index is 12.7. The van der Waals surface area contributed by atoms with Crippen LogP contribution < -0.4 is 10.1 Å². The summed E-state index contributed by atoms with van der Waals surface area (Å²) in [5, 5.41) is 2.80. The molecule has 0 atom stereocenters. The molecule has 2 aliphatic rings. The second-order valence-corrected chi connectivity index (χ2v) is 7.30. The fourth-order valence-corrected chi connectivity index (χ4v) is 3.22. The van der Waals surface area contributed by atoms with E-state index in [4.69, 9.17) is 0 Å². The number of carbonyl (C=O) groups excluding carboxylic acids is 2. The average Bonchev–Trinajstić information content (AvgIpc) is 3.50. The number of anilines is 1. The number of halogens is 3. The van der Waals surface area contributed by atoms with Gasteiger partial charge in [0.25, 0.3) is 5.91 Å². The van der Waals surface area contributed by atoms with Crippen LogP contribution in [0.2, 0.25) is 0 Å².